The summed E-state index contributed by atoms with van der Waals surface area (Å²) < 4.78 is 65.0. The Bertz CT molecular complexity index is 716. The number of hydrogen-bond acceptors (Lipinski definition) is 3. The van der Waals surface area contributed by atoms with Crippen molar-refractivity contribution in [1.82, 2.24) is 4.72 Å². The Labute approximate surface area is 128 Å². The standard InChI is InChI=1S/C12H9ClF3NO2S2/c13-9-5-6-10(20-9)21(18,19)17-11(12(15)16)7-1-3-8(14)4-2-7/h1-6,11-12,17H. The summed E-state index contributed by atoms with van der Waals surface area (Å²) in [7, 11) is -4.13. The summed E-state index contributed by atoms with van der Waals surface area (Å²) in [6, 6.07) is 5.00. The Morgan fingerprint density at radius 2 is 1.71 bits per heavy atom. The summed E-state index contributed by atoms with van der Waals surface area (Å²) in [5.41, 5.74) is -0.0300. The number of rotatable bonds is 5. The Kier molecular flexibility index (Phi) is 4.92. The number of alkyl halides is 2. The zero-order valence-corrected chi connectivity index (χ0v) is 12.7. The molecule has 9 heteroatoms. The molecular formula is C12H9ClF3NO2S2. The first-order chi connectivity index (χ1) is 9.79. The van der Waals surface area contributed by atoms with E-state index in [1.807, 2.05) is 4.72 Å². The molecule has 1 atom stereocenters. The van der Waals surface area contributed by atoms with Crippen molar-refractivity contribution >= 4 is 33.0 Å². The molecular weight excluding hydrogens is 347 g/mol. The average molecular weight is 356 g/mol. The summed E-state index contributed by atoms with van der Waals surface area (Å²) in [6.07, 6.45) is -2.99. The van der Waals surface area contributed by atoms with Gasteiger partial charge in [-0.1, -0.05) is 23.7 Å². The van der Waals surface area contributed by atoms with Crippen LogP contribution >= 0.6 is 22.9 Å². The van der Waals surface area contributed by atoms with Crippen LogP contribution in [0.15, 0.2) is 40.6 Å². The number of hydrogen-bond donors (Lipinski definition) is 1. The quantitative estimate of drug-likeness (QED) is 0.886. The second-order valence-electron chi connectivity index (χ2n) is 4.04. The number of thiophene rings is 1. The highest BCUT2D eigenvalue weighted by Gasteiger charge is 2.29. The van der Waals surface area contributed by atoms with Crippen LogP contribution in [0, 0.1) is 5.82 Å². The second-order valence-corrected chi connectivity index (χ2v) is 7.70. The van der Waals surface area contributed by atoms with E-state index in [0.29, 0.717) is 0 Å². The van der Waals surface area contributed by atoms with Gasteiger partial charge in [-0.15, -0.1) is 11.3 Å². The number of nitrogens with one attached hydrogen (secondary N) is 1. The molecule has 1 aromatic heterocycles. The third-order valence-corrected chi connectivity index (χ3v) is 5.74. The lowest BCUT2D eigenvalue weighted by molar-refractivity contribution is 0.109. The van der Waals surface area contributed by atoms with E-state index in [1.54, 1.807) is 0 Å². The maximum atomic E-state index is 13.1. The number of benzene rings is 1. The second kappa shape index (κ2) is 6.35. The molecule has 1 unspecified atom stereocenters. The van der Waals surface area contributed by atoms with Gasteiger partial charge in [-0.2, -0.15) is 4.72 Å². The van der Waals surface area contributed by atoms with E-state index in [4.69, 9.17) is 11.6 Å². The Balaban J connectivity index is 2.30. The predicted octanol–water partition coefficient (Wildman–Crippen LogP) is 3.83. The van der Waals surface area contributed by atoms with E-state index in [0.717, 1.165) is 35.6 Å². The molecule has 0 saturated heterocycles. The Morgan fingerprint density at radius 3 is 2.19 bits per heavy atom. The van der Waals surface area contributed by atoms with Gasteiger partial charge < -0.3 is 0 Å². The minimum Gasteiger partial charge on any atom is -0.208 e. The van der Waals surface area contributed by atoms with E-state index < -0.39 is 28.3 Å². The monoisotopic (exact) mass is 355 g/mol. The minimum atomic E-state index is -4.13. The predicted molar refractivity (Wildman–Crippen MR) is 74.8 cm³/mol. The summed E-state index contributed by atoms with van der Waals surface area (Å²) in [5.74, 6) is -0.598. The molecule has 0 fully saturated rings. The third kappa shape index (κ3) is 3.97. The van der Waals surface area contributed by atoms with Crippen LogP contribution in [-0.4, -0.2) is 14.8 Å². The van der Waals surface area contributed by atoms with Gasteiger partial charge in [0, 0.05) is 0 Å². The van der Waals surface area contributed by atoms with Gasteiger partial charge in [-0.05, 0) is 29.8 Å². The summed E-state index contributed by atoms with van der Waals surface area (Å²) >= 11 is 6.39. The lowest BCUT2D eigenvalue weighted by atomic mass is 10.1. The largest absolute Gasteiger partial charge is 0.258 e. The Hall–Kier alpha value is -1.09. The van der Waals surface area contributed by atoms with Crippen molar-refractivity contribution in [3.05, 3.63) is 52.1 Å². The lowest BCUT2D eigenvalue weighted by Crippen LogP contribution is -2.32. The van der Waals surface area contributed by atoms with Gasteiger partial charge in [0.25, 0.3) is 16.4 Å². The molecule has 0 bridgehead atoms. The maximum Gasteiger partial charge on any atom is 0.258 e. The van der Waals surface area contributed by atoms with Crippen LogP contribution in [0.4, 0.5) is 13.2 Å². The zero-order chi connectivity index (χ0) is 15.6. The van der Waals surface area contributed by atoms with Crippen LogP contribution in [0.5, 0.6) is 0 Å². The first kappa shape index (κ1) is 16.3. The fraction of sp³-hybridized carbons (Fsp3) is 0.167. The van der Waals surface area contributed by atoms with Gasteiger partial charge in [0.05, 0.1) is 4.34 Å². The van der Waals surface area contributed by atoms with Gasteiger partial charge in [0.2, 0.25) is 0 Å². The molecule has 2 aromatic rings. The molecule has 0 aliphatic heterocycles. The van der Waals surface area contributed by atoms with Crippen LogP contribution in [0.3, 0.4) is 0 Å². The molecule has 0 spiro atoms. The van der Waals surface area contributed by atoms with Crippen molar-refractivity contribution in [2.45, 2.75) is 16.7 Å². The molecule has 0 saturated carbocycles. The maximum absolute atomic E-state index is 13.1. The SMILES string of the molecule is O=S(=O)(NC(c1ccc(F)cc1)C(F)F)c1ccc(Cl)s1. The highest BCUT2D eigenvalue weighted by atomic mass is 35.5. The van der Waals surface area contributed by atoms with Gasteiger partial charge in [0.15, 0.2) is 0 Å². The fourth-order valence-electron chi connectivity index (χ4n) is 1.60. The molecule has 0 radical (unpaired) electrons. The molecule has 21 heavy (non-hydrogen) atoms. The zero-order valence-electron chi connectivity index (χ0n) is 10.3. The Morgan fingerprint density at radius 1 is 1.10 bits per heavy atom. The van der Waals surface area contributed by atoms with Crippen molar-refractivity contribution in [2.24, 2.45) is 0 Å². The fourth-order valence-corrected chi connectivity index (χ4v) is 4.31. The van der Waals surface area contributed by atoms with E-state index in [-0.39, 0.29) is 14.1 Å². The number of halogens is 4. The van der Waals surface area contributed by atoms with Gasteiger partial charge in [0.1, 0.15) is 16.1 Å². The van der Waals surface area contributed by atoms with Crippen LogP contribution in [0.1, 0.15) is 11.6 Å². The third-order valence-electron chi connectivity index (χ3n) is 2.58. The molecule has 1 N–H and O–H groups in total. The molecule has 0 amide bonds. The van der Waals surface area contributed by atoms with E-state index in [2.05, 4.69) is 0 Å². The molecule has 0 aliphatic rings. The average Bonchev–Trinajstić information content (AvgIpc) is 2.84. The highest BCUT2D eigenvalue weighted by Crippen LogP contribution is 2.28. The molecule has 1 heterocycles. The molecule has 1 aromatic carbocycles. The normalized spacial score (nSPS) is 13.6. The van der Waals surface area contributed by atoms with E-state index in [9.17, 15) is 21.6 Å². The minimum absolute atomic E-state index is 0.0300. The topological polar surface area (TPSA) is 46.2 Å². The smallest absolute Gasteiger partial charge is 0.208 e. The molecule has 0 aliphatic carbocycles. The van der Waals surface area contributed by atoms with Crippen molar-refractivity contribution in [3.8, 4) is 0 Å². The summed E-state index contributed by atoms with van der Waals surface area (Å²) in [4.78, 5) is 0. The summed E-state index contributed by atoms with van der Waals surface area (Å²) in [6.45, 7) is 0. The lowest BCUT2D eigenvalue weighted by Gasteiger charge is -2.17. The van der Waals surface area contributed by atoms with E-state index >= 15 is 0 Å². The summed E-state index contributed by atoms with van der Waals surface area (Å²) in [5, 5.41) is 0. The molecule has 2 rings (SSSR count). The molecule has 3 nitrogen and oxygen atoms in total. The van der Waals surface area contributed by atoms with Crippen molar-refractivity contribution in [3.63, 3.8) is 0 Å². The van der Waals surface area contributed by atoms with Crippen LogP contribution < -0.4 is 4.72 Å². The highest BCUT2D eigenvalue weighted by molar-refractivity contribution is 7.91. The van der Waals surface area contributed by atoms with Crippen molar-refractivity contribution in [2.75, 3.05) is 0 Å². The van der Waals surface area contributed by atoms with Gasteiger partial charge >= 0.3 is 0 Å². The van der Waals surface area contributed by atoms with Crippen LogP contribution in [0.25, 0.3) is 0 Å². The molecule has 114 valence electrons. The number of sulfonamides is 1. The van der Waals surface area contributed by atoms with Gasteiger partial charge in [-0.25, -0.2) is 21.6 Å². The van der Waals surface area contributed by atoms with Crippen LogP contribution in [0.2, 0.25) is 4.34 Å². The van der Waals surface area contributed by atoms with Crippen molar-refractivity contribution in [1.29, 1.82) is 0 Å². The van der Waals surface area contributed by atoms with Gasteiger partial charge in [-0.3, -0.25) is 0 Å². The first-order valence-corrected chi connectivity index (χ1v) is 8.28. The van der Waals surface area contributed by atoms with Crippen LogP contribution in [-0.2, 0) is 10.0 Å². The van der Waals surface area contributed by atoms with Crippen molar-refractivity contribution < 1.29 is 21.6 Å². The van der Waals surface area contributed by atoms with E-state index in [1.165, 1.54) is 12.1 Å². The first-order valence-electron chi connectivity index (χ1n) is 5.61.